The van der Waals surface area contributed by atoms with E-state index in [1.807, 2.05) is 13.8 Å². The maximum absolute atomic E-state index is 13.6. The Bertz CT molecular complexity index is 571. The van der Waals surface area contributed by atoms with E-state index in [2.05, 4.69) is 15.5 Å². The first-order chi connectivity index (χ1) is 9.65. The van der Waals surface area contributed by atoms with Gasteiger partial charge in [-0.05, 0) is 19.0 Å². The predicted molar refractivity (Wildman–Crippen MR) is 70.2 cm³/mol. The van der Waals surface area contributed by atoms with Gasteiger partial charge in [0.1, 0.15) is 0 Å². The van der Waals surface area contributed by atoms with Crippen molar-refractivity contribution in [2.45, 2.75) is 32.7 Å². The molecular weight excluding hydrogens is 264 g/mol. The molecular formula is C14H17F2N3O. The molecule has 6 heteroatoms. The Morgan fingerprint density at radius 2 is 2.05 bits per heavy atom. The molecule has 2 rings (SSSR count). The lowest BCUT2D eigenvalue weighted by atomic mass is 10.1. The standard InChI is InChI=1S/C14H17F2N3O/c1-3-11(17-4-2)14-19-18-12(20-14)8-9-6-5-7-10(15)13(9)16/h5-7,11,17H,3-4,8H2,1-2H3. The summed E-state index contributed by atoms with van der Waals surface area (Å²) >= 11 is 0. The Morgan fingerprint density at radius 1 is 1.25 bits per heavy atom. The van der Waals surface area contributed by atoms with E-state index in [-0.39, 0.29) is 23.9 Å². The number of nitrogens with one attached hydrogen (secondary N) is 1. The second kappa shape index (κ2) is 6.56. The summed E-state index contributed by atoms with van der Waals surface area (Å²) in [5.74, 6) is -0.991. The van der Waals surface area contributed by atoms with Crippen LogP contribution < -0.4 is 5.32 Å². The number of hydrogen-bond acceptors (Lipinski definition) is 4. The van der Waals surface area contributed by atoms with Crippen molar-refractivity contribution in [3.8, 4) is 0 Å². The van der Waals surface area contributed by atoms with Gasteiger partial charge in [0.25, 0.3) is 0 Å². The van der Waals surface area contributed by atoms with Gasteiger partial charge in [0.15, 0.2) is 11.6 Å². The molecule has 0 radical (unpaired) electrons. The van der Waals surface area contributed by atoms with Crippen LogP contribution in [0.4, 0.5) is 8.78 Å². The minimum absolute atomic E-state index is 0.0152. The highest BCUT2D eigenvalue weighted by Gasteiger charge is 2.17. The normalized spacial score (nSPS) is 12.6. The van der Waals surface area contributed by atoms with E-state index in [1.165, 1.54) is 12.1 Å². The van der Waals surface area contributed by atoms with E-state index in [9.17, 15) is 8.78 Å². The van der Waals surface area contributed by atoms with Gasteiger partial charge in [-0.25, -0.2) is 8.78 Å². The summed E-state index contributed by atoms with van der Waals surface area (Å²) in [5, 5.41) is 11.1. The highest BCUT2D eigenvalue weighted by atomic mass is 19.2. The largest absolute Gasteiger partial charge is 0.423 e. The van der Waals surface area contributed by atoms with Crippen molar-refractivity contribution < 1.29 is 13.2 Å². The summed E-state index contributed by atoms with van der Waals surface area (Å²) in [6.45, 7) is 4.78. The average Bonchev–Trinajstić information content (AvgIpc) is 2.89. The summed E-state index contributed by atoms with van der Waals surface area (Å²) in [6.07, 6.45) is 0.892. The zero-order valence-corrected chi connectivity index (χ0v) is 11.5. The van der Waals surface area contributed by atoms with Crippen LogP contribution in [0.25, 0.3) is 0 Å². The Morgan fingerprint density at radius 3 is 2.75 bits per heavy atom. The second-order valence-electron chi connectivity index (χ2n) is 4.44. The molecule has 0 spiro atoms. The van der Waals surface area contributed by atoms with Gasteiger partial charge in [-0.2, -0.15) is 0 Å². The van der Waals surface area contributed by atoms with E-state index < -0.39 is 11.6 Å². The molecule has 108 valence electrons. The van der Waals surface area contributed by atoms with Crippen LogP contribution in [0.3, 0.4) is 0 Å². The molecule has 0 saturated heterocycles. The van der Waals surface area contributed by atoms with Crippen LogP contribution in [0.2, 0.25) is 0 Å². The number of nitrogens with zero attached hydrogens (tertiary/aromatic N) is 2. The molecule has 1 aromatic carbocycles. The minimum Gasteiger partial charge on any atom is -0.423 e. The summed E-state index contributed by atoms with van der Waals surface area (Å²) < 4.78 is 32.2. The average molecular weight is 281 g/mol. The van der Waals surface area contributed by atoms with Crippen LogP contribution in [0.1, 0.15) is 43.7 Å². The summed E-state index contributed by atoms with van der Waals surface area (Å²) in [7, 11) is 0. The number of hydrogen-bond donors (Lipinski definition) is 1. The van der Waals surface area contributed by atoms with Crippen LogP contribution in [0.15, 0.2) is 22.6 Å². The molecule has 20 heavy (non-hydrogen) atoms. The molecule has 4 nitrogen and oxygen atoms in total. The van der Waals surface area contributed by atoms with Crippen LogP contribution in [-0.2, 0) is 6.42 Å². The van der Waals surface area contributed by atoms with E-state index in [0.717, 1.165) is 19.0 Å². The van der Waals surface area contributed by atoms with Crippen molar-refractivity contribution in [1.82, 2.24) is 15.5 Å². The molecule has 0 amide bonds. The number of halogens is 2. The second-order valence-corrected chi connectivity index (χ2v) is 4.44. The molecule has 0 bridgehead atoms. The Kier molecular flexibility index (Phi) is 4.79. The Balaban J connectivity index is 2.15. The van der Waals surface area contributed by atoms with Crippen molar-refractivity contribution in [3.05, 3.63) is 47.2 Å². The molecule has 1 heterocycles. The van der Waals surface area contributed by atoms with Crippen LogP contribution >= 0.6 is 0 Å². The van der Waals surface area contributed by atoms with Crippen molar-refractivity contribution >= 4 is 0 Å². The molecule has 0 saturated carbocycles. The number of aromatic nitrogens is 2. The van der Waals surface area contributed by atoms with Crippen molar-refractivity contribution in [2.75, 3.05) is 6.54 Å². The van der Waals surface area contributed by atoms with Crippen molar-refractivity contribution in [2.24, 2.45) is 0 Å². The molecule has 0 aliphatic carbocycles. The van der Waals surface area contributed by atoms with Gasteiger partial charge in [0.05, 0.1) is 12.5 Å². The monoisotopic (exact) mass is 281 g/mol. The zero-order valence-electron chi connectivity index (χ0n) is 11.5. The predicted octanol–water partition coefficient (Wildman–Crippen LogP) is 3.00. The molecule has 1 atom stereocenters. The first kappa shape index (κ1) is 14.6. The Hall–Kier alpha value is -1.82. The topological polar surface area (TPSA) is 51.0 Å². The van der Waals surface area contributed by atoms with Gasteiger partial charge in [-0.3, -0.25) is 0 Å². The third-order valence-corrected chi connectivity index (χ3v) is 3.01. The van der Waals surface area contributed by atoms with E-state index >= 15 is 0 Å². The van der Waals surface area contributed by atoms with E-state index in [0.29, 0.717) is 5.89 Å². The third-order valence-electron chi connectivity index (χ3n) is 3.01. The van der Waals surface area contributed by atoms with Gasteiger partial charge >= 0.3 is 0 Å². The molecule has 0 fully saturated rings. The smallest absolute Gasteiger partial charge is 0.233 e. The van der Waals surface area contributed by atoms with E-state index in [1.54, 1.807) is 0 Å². The fourth-order valence-electron chi connectivity index (χ4n) is 1.98. The maximum atomic E-state index is 13.6. The summed E-state index contributed by atoms with van der Waals surface area (Å²) in [4.78, 5) is 0. The van der Waals surface area contributed by atoms with Gasteiger partial charge in [0, 0.05) is 5.56 Å². The molecule has 0 aliphatic rings. The van der Waals surface area contributed by atoms with E-state index in [4.69, 9.17) is 4.42 Å². The number of benzene rings is 1. The highest BCUT2D eigenvalue weighted by molar-refractivity contribution is 5.21. The van der Waals surface area contributed by atoms with Gasteiger partial charge in [-0.1, -0.05) is 26.0 Å². The fourth-order valence-corrected chi connectivity index (χ4v) is 1.98. The first-order valence-electron chi connectivity index (χ1n) is 6.64. The first-order valence-corrected chi connectivity index (χ1v) is 6.64. The van der Waals surface area contributed by atoms with Gasteiger partial charge in [-0.15, -0.1) is 10.2 Å². The molecule has 1 unspecified atom stereocenters. The lowest BCUT2D eigenvalue weighted by Crippen LogP contribution is -2.20. The van der Waals surface area contributed by atoms with Crippen molar-refractivity contribution in [3.63, 3.8) is 0 Å². The lowest BCUT2D eigenvalue weighted by Gasteiger charge is -2.10. The minimum atomic E-state index is -0.874. The molecule has 0 aliphatic heterocycles. The number of rotatable bonds is 6. The summed E-state index contributed by atoms with van der Waals surface area (Å²) in [5.41, 5.74) is 0.205. The Labute approximate surface area is 116 Å². The molecule has 2 aromatic rings. The molecule has 1 N–H and O–H groups in total. The maximum Gasteiger partial charge on any atom is 0.233 e. The van der Waals surface area contributed by atoms with Crippen molar-refractivity contribution in [1.29, 1.82) is 0 Å². The lowest BCUT2D eigenvalue weighted by molar-refractivity contribution is 0.379. The molecule has 1 aromatic heterocycles. The van der Waals surface area contributed by atoms with Crippen LogP contribution in [0.5, 0.6) is 0 Å². The van der Waals surface area contributed by atoms with Crippen LogP contribution in [0, 0.1) is 11.6 Å². The van der Waals surface area contributed by atoms with Gasteiger partial charge in [0.2, 0.25) is 11.8 Å². The quantitative estimate of drug-likeness (QED) is 0.884. The SMILES string of the molecule is CCNC(CC)c1nnc(Cc2cccc(F)c2F)o1. The third kappa shape index (κ3) is 3.19. The zero-order chi connectivity index (χ0) is 14.5. The summed E-state index contributed by atoms with van der Waals surface area (Å²) in [6, 6.07) is 4.03. The highest BCUT2D eigenvalue weighted by Crippen LogP contribution is 2.18. The fraction of sp³-hybridized carbons (Fsp3) is 0.429. The van der Waals surface area contributed by atoms with Gasteiger partial charge < -0.3 is 9.73 Å². The van der Waals surface area contributed by atoms with Crippen LogP contribution in [-0.4, -0.2) is 16.7 Å².